The van der Waals surface area contributed by atoms with Crippen LogP contribution >= 0.6 is 11.6 Å². The third-order valence-electron chi connectivity index (χ3n) is 6.77. The largest absolute Gasteiger partial charge is 0.417 e. The number of benzene rings is 3. The maximum absolute atomic E-state index is 14.0. The third-order valence-corrected chi connectivity index (χ3v) is 8.89. The second kappa shape index (κ2) is 14.4. The Kier molecular flexibility index (Phi) is 11.4. The number of nitrogens with one attached hydrogen (secondary N) is 1. The van der Waals surface area contributed by atoms with E-state index in [9.17, 15) is 35.6 Å². The second-order valence-corrected chi connectivity index (χ2v) is 13.0. The Morgan fingerprint density at radius 2 is 1.59 bits per heavy atom. The zero-order chi connectivity index (χ0) is 32.8. The monoisotopic (exact) mass is 655 g/mol. The summed E-state index contributed by atoms with van der Waals surface area (Å²) in [5, 5.41) is 2.13. The van der Waals surface area contributed by atoms with Gasteiger partial charge < -0.3 is 10.2 Å². The topological polar surface area (TPSA) is 86.8 Å². The van der Waals surface area contributed by atoms with Gasteiger partial charge in [-0.2, -0.15) is 13.2 Å². The first-order valence-corrected chi connectivity index (χ1v) is 15.6. The van der Waals surface area contributed by atoms with Crippen LogP contribution in [0.4, 0.5) is 23.2 Å². The summed E-state index contributed by atoms with van der Waals surface area (Å²) in [5.41, 5.74) is -0.541. The van der Waals surface area contributed by atoms with Crippen molar-refractivity contribution in [2.45, 2.75) is 57.8 Å². The summed E-state index contributed by atoms with van der Waals surface area (Å²) < 4.78 is 83.4. The van der Waals surface area contributed by atoms with Crippen LogP contribution in [0.3, 0.4) is 0 Å². The lowest BCUT2D eigenvalue weighted by molar-refractivity contribution is -0.140. The molecule has 0 saturated heterocycles. The summed E-state index contributed by atoms with van der Waals surface area (Å²) in [6.45, 7) is 6.35. The van der Waals surface area contributed by atoms with Crippen LogP contribution in [-0.4, -0.2) is 44.3 Å². The van der Waals surface area contributed by atoms with E-state index in [0.29, 0.717) is 22.5 Å². The van der Waals surface area contributed by atoms with E-state index in [1.54, 1.807) is 13.8 Å². The van der Waals surface area contributed by atoms with Gasteiger partial charge in [0.2, 0.25) is 11.8 Å². The van der Waals surface area contributed by atoms with E-state index in [1.165, 1.54) is 48.5 Å². The molecular weight excluding hydrogens is 622 g/mol. The predicted molar refractivity (Wildman–Crippen MR) is 161 cm³/mol. The summed E-state index contributed by atoms with van der Waals surface area (Å²) in [6.07, 6.45) is -4.77. The van der Waals surface area contributed by atoms with Crippen molar-refractivity contribution in [3.63, 3.8) is 0 Å². The highest BCUT2D eigenvalue weighted by Gasteiger charge is 2.37. The summed E-state index contributed by atoms with van der Waals surface area (Å²) in [7, 11) is -4.60. The van der Waals surface area contributed by atoms with Gasteiger partial charge >= 0.3 is 6.18 Å². The molecule has 0 aliphatic rings. The number of sulfonamides is 1. The van der Waals surface area contributed by atoms with Crippen LogP contribution in [0.5, 0.6) is 0 Å². The average molecular weight is 656 g/mol. The fourth-order valence-electron chi connectivity index (χ4n) is 4.38. The molecule has 0 unspecified atom stereocenters. The maximum atomic E-state index is 14.0. The van der Waals surface area contributed by atoms with Crippen LogP contribution in [0.25, 0.3) is 0 Å². The highest BCUT2D eigenvalue weighted by Crippen LogP contribution is 2.38. The van der Waals surface area contributed by atoms with E-state index < -0.39 is 62.7 Å². The van der Waals surface area contributed by atoms with Gasteiger partial charge in [-0.25, -0.2) is 12.8 Å². The Morgan fingerprint density at radius 1 is 0.977 bits per heavy atom. The molecule has 0 aliphatic carbocycles. The predicted octanol–water partition coefficient (Wildman–Crippen LogP) is 6.58. The summed E-state index contributed by atoms with van der Waals surface area (Å²) in [4.78, 5) is 28.2. The molecule has 7 nitrogen and oxygen atoms in total. The smallest absolute Gasteiger partial charge is 0.354 e. The minimum absolute atomic E-state index is 0.0978. The summed E-state index contributed by atoms with van der Waals surface area (Å²) in [5.74, 6) is -1.77. The first-order chi connectivity index (χ1) is 20.5. The van der Waals surface area contributed by atoms with Gasteiger partial charge in [-0.3, -0.25) is 13.9 Å². The van der Waals surface area contributed by atoms with Gasteiger partial charge in [0.1, 0.15) is 18.4 Å². The molecule has 1 atom stereocenters. The number of halogens is 5. The lowest BCUT2D eigenvalue weighted by Crippen LogP contribution is -2.52. The van der Waals surface area contributed by atoms with Gasteiger partial charge in [-0.05, 0) is 67.3 Å². The van der Waals surface area contributed by atoms with Crippen molar-refractivity contribution in [1.82, 2.24) is 10.2 Å². The number of aryl methyl sites for hydroxylation is 1. The molecular formula is C31H34ClF4N3O4S. The van der Waals surface area contributed by atoms with Crippen LogP contribution in [0.15, 0.2) is 71.6 Å². The number of hydrogen-bond acceptors (Lipinski definition) is 4. The Labute approximate surface area is 259 Å². The SMILES string of the molecule is CC[C@H](C(=O)NCC(C)C)N(Cc1ccc(F)cc1)C(=O)CN(c1ccc(Cl)c(C(F)(F)F)c1)S(=O)(=O)c1ccc(C)cc1. The van der Waals surface area contributed by atoms with Gasteiger partial charge in [0.05, 0.1) is 21.2 Å². The average Bonchev–Trinajstić information content (AvgIpc) is 2.95. The molecule has 2 amide bonds. The minimum Gasteiger partial charge on any atom is -0.354 e. The number of hydrogen-bond donors (Lipinski definition) is 1. The summed E-state index contributed by atoms with van der Waals surface area (Å²) >= 11 is 5.80. The molecule has 0 spiro atoms. The van der Waals surface area contributed by atoms with Crippen molar-refractivity contribution in [3.8, 4) is 0 Å². The highest BCUT2D eigenvalue weighted by atomic mass is 35.5. The molecule has 13 heteroatoms. The number of carbonyl (C=O) groups excluding carboxylic acids is 2. The lowest BCUT2D eigenvalue weighted by Gasteiger charge is -2.33. The normalized spacial score (nSPS) is 12.6. The van der Waals surface area contributed by atoms with Crippen LogP contribution in [0.2, 0.25) is 5.02 Å². The Hall–Kier alpha value is -3.64. The molecule has 3 aromatic rings. The van der Waals surface area contributed by atoms with Gasteiger partial charge in [-0.1, -0.05) is 62.2 Å². The Balaban J connectivity index is 2.13. The number of alkyl halides is 3. The first-order valence-electron chi connectivity index (χ1n) is 13.8. The van der Waals surface area contributed by atoms with E-state index in [0.717, 1.165) is 22.6 Å². The molecule has 44 heavy (non-hydrogen) atoms. The Bertz CT molecular complexity index is 1560. The molecule has 0 heterocycles. The molecule has 0 bridgehead atoms. The number of nitrogens with zero attached hydrogens (tertiary/aromatic N) is 2. The van der Waals surface area contributed by atoms with Gasteiger partial charge in [0.15, 0.2) is 0 Å². The van der Waals surface area contributed by atoms with Crippen molar-refractivity contribution in [3.05, 3.63) is 94.3 Å². The number of carbonyl (C=O) groups is 2. The van der Waals surface area contributed by atoms with E-state index in [4.69, 9.17) is 11.6 Å². The standard InChI is InChI=1S/C31H34ClF4N3O4S/c1-5-28(30(41)37-17-20(2)3)38(18-22-8-10-23(33)11-9-22)29(40)19-39(44(42,43)25-13-6-21(4)7-14-25)24-12-15-27(32)26(16-24)31(34,35)36/h6-16,20,28H,5,17-19H2,1-4H3,(H,37,41)/t28-/m1/s1. The molecule has 0 fully saturated rings. The number of amides is 2. The van der Waals surface area contributed by atoms with Crippen molar-refractivity contribution in [2.75, 3.05) is 17.4 Å². The number of rotatable bonds is 12. The minimum atomic E-state index is -4.91. The second-order valence-electron chi connectivity index (χ2n) is 10.7. The zero-order valence-corrected chi connectivity index (χ0v) is 26.2. The zero-order valence-electron chi connectivity index (χ0n) is 24.7. The molecule has 3 aromatic carbocycles. The lowest BCUT2D eigenvalue weighted by atomic mass is 10.1. The van der Waals surface area contributed by atoms with E-state index in [1.807, 2.05) is 13.8 Å². The first kappa shape index (κ1) is 34.8. The molecule has 1 N–H and O–H groups in total. The molecule has 0 aromatic heterocycles. The van der Waals surface area contributed by atoms with Crippen LogP contribution in [0.1, 0.15) is 43.9 Å². The quantitative estimate of drug-likeness (QED) is 0.223. The highest BCUT2D eigenvalue weighted by molar-refractivity contribution is 7.92. The van der Waals surface area contributed by atoms with E-state index in [-0.39, 0.29) is 23.8 Å². The van der Waals surface area contributed by atoms with Crippen molar-refractivity contribution in [1.29, 1.82) is 0 Å². The van der Waals surface area contributed by atoms with Crippen LogP contribution < -0.4 is 9.62 Å². The van der Waals surface area contributed by atoms with Crippen molar-refractivity contribution >= 4 is 39.1 Å². The van der Waals surface area contributed by atoms with Crippen molar-refractivity contribution in [2.24, 2.45) is 5.92 Å². The maximum Gasteiger partial charge on any atom is 0.417 e. The third kappa shape index (κ3) is 8.72. The van der Waals surface area contributed by atoms with E-state index >= 15 is 0 Å². The molecule has 238 valence electrons. The molecule has 0 radical (unpaired) electrons. The fraction of sp³-hybridized carbons (Fsp3) is 0.355. The van der Waals surface area contributed by atoms with Gasteiger partial charge in [0, 0.05) is 13.1 Å². The van der Waals surface area contributed by atoms with Gasteiger partial charge in [-0.15, -0.1) is 0 Å². The molecule has 0 aliphatic heterocycles. The van der Waals surface area contributed by atoms with Crippen molar-refractivity contribution < 1.29 is 35.6 Å². The Morgan fingerprint density at radius 3 is 2.14 bits per heavy atom. The number of anilines is 1. The molecule has 0 saturated carbocycles. The summed E-state index contributed by atoms with van der Waals surface area (Å²) in [6, 6.07) is 12.3. The molecule has 3 rings (SSSR count). The van der Waals surface area contributed by atoms with Crippen LogP contribution in [0, 0.1) is 18.7 Å². The van der Waals surface area contributed by atoms with E-state index in [2.05, 4.69) is 5.32 Å². The fourth-order valence-corrected chi connectivity index (χ4v) is 6.01. The van der Waals surface area contributed by atoms with Crippen LogP contribution in [-0.2, 0) is 32.3 Å². The van der Waals surface area contributed by atoms with Gasteiger partial charge in [0.25, 0.3) is 10.0 Å².